The summed E-state index contributed by atoms with van der Waals surface area (Å²) in [6.07, 6.45) is 4.06. The van der Waals surface area contributed by atoms with Gasteiger partial charge in [-0.2, -0.15) is 0 Å². The molecule has 1 aliphatic carbocycles. The Morgan fingerprint density at radius 3 is 2.56 bits per heavy atom. The van der Waals surface area contributed by atoms with E-state index in [0.29, 0.717) is 6.42 Å². The van der Waals surface area contributed by atoms with Crippen molar-refractivity contribution >= 4 is 11.9 Å². The maximum Gasteiger partial charge on any atom is 0.326 e. The van der Waals surface area contributed by atoms with Crippen LogP contribution in [0.4, 0.5) is 0 Å². The Bertz CT molecular complexity index is 268. The molecule has 2 unspecified atom stereocenters. The average molecular weight is 228 g/mol. The largest absolute Gasteiger partial charge is 0.480 e. The number of carboxylic acids is 1. The molecule has 5 nitrogen and oxygen atoms in total. The Balaban J connectivity index is 2.52. The minimum absolute atomic E-state index is 0.125. The van der Waals surface area contributed by atoms with E-state index in [2.05, 4.69) is 5.32 Å². The summed E-state index contributed by atoms with van der Waals surface area (Å²) in [4.78, 5) is 22.6. The molecule has 5 heteroatoms. The standard InChI is InChI=1S/C11H20N2O3/c1-2-9(11(15)16)13-10(14)7-5-3-4-6-8(7)12/h7-9H,2-6,12H2,1H3,(H,13,14)(H,15,16)/t7?,8?,9-/m1/s1. The van der Waals surface area contributed by atoms with Crippen LogP contribution in [0.3, 0.4) is 0 Å². The second-order valence-corrected chi connectivity index (χ2v) is 4.36. The summed E-state index contributed by atoms with van der Waals surface area (Å²) in [6.45, 7) is 1.74. The van der Waals surface area contributed by atoms with Crippen LogP contribution in [-0.4, -0.2) is 29.1 Å². The fraction of sp³-hybridized carbons (Fsp3) is 0.818. The minimum Gasteiger partial charge on any atom is -0.480 e. The first-order chi connectivity index (χ1) is 7.56. The van der Waals surface area contributed by atoms with E-state index in [1.807, 2.05) is 0 Å². The van der Waals surface area contributed by atoms with Crippen molar-refractivity contribution in [2.75, 3.05) is 0 Å². The van der Waals surface area contributed by atoms with Gasteiger partial charge in [-0.1, -0.05) is 19.8 Å². The van der Waals surface area contributed by atoms with E-state index in [4.69, 9.17) is 10.8 Å². The summed E-state index contributed by atoms with van der Waals surface area (Å²) in [6, 6.07) is -0.915. The minimum atomic E-state index is -0.986. The van der Waals surface area contributed by atoms with Gasteiger partial charge >= 0.3 is 5.97 Å². The average Bonchev–Trinajstić information content (AvgIpc) is 2.25. The Labute approximate surface area is 95.4 Å². The highest BCUT2D eigenvalue weighted by atomic mass is 16.4. The zero-order valence-corrected chi connectivity index (χ0v) is 9.61. The van der Waals surface area contributed by atoms with Crippen molar-refractivity contribution in [3.63, 3.8) is 0 Å². The lowest BCUT2D eigenvalue weighted by Gasteiger charge is -2.28. The van der Waals surface area contributed by atoms with E-state index < -0.39 is 12.0 Å². The molecule has 0 bridgehead atoms. The molecule has 1 aliphatic rings. The second kappa shape index (κ2) is 5.84. The lowest BCUT2D eigenvalue weighted by molar-refractivity contribution is -0.142. The Kier molecular flexibility index (Phi) is 4.73. The second-order valence-electron chi connectivity index (χ2n) is 4.36. The topological polar surface area (TPSA) is 92.4 Å². The summed E-state index contributed by atoms with van der Waals surface area (Å²) in [5.41, 5.74) is 5.86. The van der Waals surface area contributed by atoms with Gasteiger partial charge in [-0.3, -0.25) is 4.79 Å². The third-order valence-electron chi connectivity index (χ3n) is 3.18. The van der Waals surface area contributed by atoms with E-state index >= 15 is 0 Å². The van der Waals surface area contributed by atoms with Crippen molar-refractivity contribution < 1.29 is 14.7 Å². The summed E-state index contributed by atoms with van der Waals surface area (Å²) in [5.74, 6) is -1.41. The fourth-order valence-electron chi connectivity index (χ4n) is 2.10. The maximum atomic E-state index is 11.8. The predicted molar refractivity (Wildman–Crippen MR) is 59.8 cm³/mol. The molecule has 0 heterocycles. The molecule has 0 spiro atoms. The number of carbonyl (C=O) groups is 2. The predicted octanol–water partition coefficient (Wildman–Crippen LogP) is 0.483. The van der Waals surface area contributed by atoms with Crippen molar-refractivity contribution in [1.29, 1.82) is 0 Å². The van der Waals surface area contributed by atoms with Gasteiger partial charge in [0.05, 0.1) is 5.92 Å². The first kappa shape index (κ1) is 13.0. The molecule has 0 aromatic rings. The molecule has 1 fully saturated rings. The van der Waals surface area contributed by atoms with Crippen molar-refractivity contribution in [3.8, 4) is 0 Å². The molecule has 4 N–H and O–H groups in total. The van der Waals surface area contributed by atoms with E-state index in [1.165, 1.54) is 0 Å². The first-order valence-corrected chi connectivity index (χ1v) is 5.85. The van der Waals surface area contributed by atoms with Crippen LogP contribution in [0.2, 0.25) is 0 Å². The summed E-state index contributed by atoms with van der Waals surface area (Å²) >= 11 is 0. The number of nitrogens with two attached hydrogens (primary N) is 1. The SMILES string of the molecule is CC[C@@H](NC(=O)C1CCCCC1N)C(=O)O. The summed E-state index contributed by atoms with van der Waals surface area (Å²) < 4.78 is 0. The van der Waals surface area contributed by atoms with E-state index in [1.54, 1.807) is 6.92 Å². The normalized spacial score (nSPS) is 27.1. The number of carboxylic acid groups (broad SMARTS) is 1. The molecule has 16 heavy (non-hydrogen) atoms. The highest BCUT2D eigenvalue weighted by molar-refractivity contribution is 5.85. The number of nitrogens with one attached hydrogen (secondary N) is 1. The zero-order valence-electron chi connectivity index (χ0n) is 9.61. The molecule has 92 valence electrons. The van der Waals surface area contributed by atoms with Crippen LogP contribution in [0.5, 0.6) is 0 Å². The fourth-order valence-corrected chi connectivity index (χ4v) is 2.10. The molecule has 0 aromatic carbocycles. The van der Waals surface area contributed by atoms with Crippen LogP contribution < -0.4 is 11.1 Å². The molecule has 0 aliphatic heterocycles. The third-order valence-corrected chi connectivity index (χ3v) is 3.18. The number of hydrogen-bond donors (Lipinski definition) is 3. The third kappa shape index (κ3) is 3.20. The van der Waals surface area contributed by atoms with Crippen LogP contribution in [-0.2, 0) is 9.59 Å². The van der Waals surface area contributed by atoms with Crippen molar-refractivity contribution in [3.05, 3.63) is 0 Å². The Morgan fingerprint density at radius 1 is 1.44 bits per heavy atom. The lowest BCUT2D eigenvalue weighted by atomic mass is 9.84. The van der Waals surface area contributed by atoms with Gasteiger partial charge in [-0.05, 0) is 19.3 Å². The van der Waals surface area contributed by atoms with Crippen LogP contribution in [0.25, 0.3) is 0 Å². The Morgan fingerprint density at radius 2 is 2.06 bits per heavy atom. The van der Waals surface area contributed by atoms with E-state index in [9.17, 15) is 9.59 Å². The van der Waals surface area contributed by atoms with Crippen molar-refractivity contribution in [2.24, 2.45) is 11.7 Å². The van der Waals surface area contributed by atoms with E-state index in [0.717, 1.165) is 25.7 Å². The molecule has 0 aromatic heterocycles. The lowest BCUT2D eigenvalue weighted by Crippen LogP contribution is -2.48. The van der Waals surface area contributed by atoms with Gasteiger partial charge in [-0.15, -0.1) is 0 Å². The van der Waals surface area contributed by atoms with Gasteiger partial charge in [0.15, 0.2) is 0 Å². The summed E-state index contributed by atoms with van der Waals surface area (Å²) in [7, 11) is 0. The molecule has 1 amide bonds. The van der Waals surface area contributed by atoms with Crippen LogP contribution >= 0.6 is 0 Å². The Hall–Kier alpha value is -1.10. The van der Waals surface area contributed by atoms with Gasteiger partial charge in [0.25, 0.3) is 0 Å². The van der Waals surface area contributed by atoms with Gasteiger partial charge in [0, 0.05) is 6.04 Å². The molecule has 1 rings (SSSR count). The van der Waals surface area contributed by atoms with Crippen LogP contribution in [0.15, 0.2) is 0 Å². The molecule has 3 atom stereocenters. The highest BCUT2D eigenvalue weighted by Crippen LogP contribution is 2.23. The van der Waals surface area contributed by atoms with Gasteiger partial charge < -0.3 is 16.2 Å². The van der Waals surface area contributed by atoms with Gasteiger partial charge in [0.2, 0.25) is 5.91 Å². The summed E-state index contributed by atoms with van der Waals surface area (Å²) in [5, 5.41) is 11.4. The first-order valence-electron chi connectivity index (χ1n) is 5.85. The molecule has 0 saturated heterocycles. The quantitative estimate of drug-likeness (QED) is 0.652. The molecule has 0 radical (unpaired) electrons. The number of hydrogen-bond acceptors (Lipinski definition) is 3. The number of rotatable bonds is 4. The van der Waals surface area contributed by atoms with Crippen LogP contribution in [0.1, 0.15) is 39.0 Å². The highest BCUT2D eigenvalue weighted by Gasteiger charge is 2.30. The molecule has 1 saturated carbocycles. The number of aliphatic carboxylic acids is 1. The smallest absolute Gasteiger partial charge is 0.326 e. The number of carbonyl (C=O) groups excluding carboxylic acids is 1. The van der Waals surface area contributed by atoms with Gasteiger partial charge in [0.1, 0.15) is 6.04 Å². The molecular formula is C11H20N2O3. The van der Waals surface area contributed by atoms with Gasteiger partial charge in [-0.25, -0.2) is 4.79 Å². The number of amides is 1. The monoisotopic (exact) mass is 228 g/mol. The zero-order chi connectivity index (χ0) is 12.1. The van der Waals surface area contributed by atoms with Crippen LogP contribution in [0, 0.1) is 5.92 Å². The molecular weight excluding hydrogens is 208 g/mol. The van der Waals surface area contributed by atoms with Crippen molar-refractivity contribution in [2.45, 2.75) is 51.1 Å². The van der Waals surface area contributed by atoms with Crippen molar-refractivity contribution in [1.82, 2.24) is 5.32 Å². The maximum absolute atomic E-state index is 11.8. The van der Waals surface area contributed by atoms with E-state index in [-0.39, 0.29) is 17.9 Å².